The monoisotopic (exact) mass is 659 g/mol. The SMILES string of the molecule is Cc1cccc(COc2ccc([N+](=O)[O-])cc2C2c3sc(=O)[nH]c3SC3C2[C@H]2C[C@@H]3C3C(=O)N(c4ccc(Cl)cc4)C(=O)C32)c1. The van der Waals surface area contributed by atoms with Crippen molar-refractivity contribution in [3.63, 3.8) is 0 Å². The van der Waals surface area contributed by atoms with Gasteiger partial charge in [-0.2, -0.15) is 0 Å². The molecule has 3 aromatic carbocycles. The van der Waals surface area contributed by atoms with Gasteiger partial charge in [-0.1, -0.05) is 52.8 Å². The van der Waals surface area contributed by atoms with Crippen LogP contribution >= 0.6 is 34.7 Å². The van der Waals surface area contributed by atoms with Crippen molar-refractivity contribution in [3.8, 4) is 5.75 Å². The number of nitrogens with zero attached hydrogens (tertiary/aromatic N) is 2. The molecule has 2 amide bonds. The Kier molecular flexibility index (Phi) is 6.70. The van der Waals surface area contributed by atoms with Gasteiger partial charge in [0.25, 0.3) is 5.69 Å². The smallest absolute Gasteiger partial charge is 0.305 e. The Morgan fingerprint density at radius 1 is 1.02 bits per heavy atom. The molecule has 1 aromatic heterocycles. The van der Waals surface area contributed by atoms with Gasteiger partial charge in [0.05, 0.1) is 27.5 Å². The van der Waals surface area contributed by atoms with Crippen molar-refractivity contribution in [1.29, 1.82) is 0 Å². The fraction of sp³-hybridized carbons (Fsp3) is 0.303. The topological polar surface area (TPSA) is 123 Å². The molecule has 3 fully saturated rings. The van der Waals surface area contributed by atoms with Crippen molar-refractivity contribution in [2.45, 2.75) is 36.1 Å². The van der Waals surface area contributed by atoms with E-state index in [1.807, 2.05) is 31.2 Å². The summed E-state index contributed by atoms with van der Waals surface area (Å²) < 4.78 is 6.37. The molecule has 228 valence electrons. The maximum atomic E-state index is 14.0. The zero-order valence-electron chi connectivity index (χ0n) is 23.8. The lowest BCUT2D eigenvalue weighted by Crippen LogP contribution is -2.42. The van der Waals surface area contributed by atoms with Crippen LogP contribution in [0.2, 0.25) is 5.02 Å². The van der Waals surface area contributed by atoms with Crippen molar-refractivity contribution >= 4 is 57.9 Å². The van der Waals surface area contributed by atoms with Crippen LogP contribution in [0.4, 0.5) is 11.4 Å². The Hall–Kier alpha value is -3.93. The summed E-state index contributed by atoms with van der Waals surface area (Å²) in [6, 6.07) is 19.3. The van der Waals surface area contributed by atoms with Gasteiger partial charge in [-0.25, -0.2) is 0 Å². The Labute approximate surface area is 270 Å². The number of aromatic amines is 1. The summed E-state index contributed by atoms with van der Waals surface area (Å²) in [4.78, 5) is 57.1. The minimum atomic E-state index is -0.505. The van der Waals surface area contributed by atoms with E-state index in [4.69, 9.17) is 16.3 Å². The second-order valence-corrected chi connectivity index (χ2v) is 14.8. The van der Waals surface area contributed by atoms with Gasteiger partial charge in [-0.15, -0.1) is 11.8 Å². The number of ether oxygens (including phenoxy) is 1. The highest BCUT2D eigenvalue weighted by Gasteiger charge is 2.70. The van der Waals surface area contributed by atoms with Crippen molar-refractivity contribution in [2.75, 3.05) is 4.90 Å². The summed E-state index contributed by atoms with van der Waals surface area (Å²) in [5.74, 6) is -1.67. The number of nitro groups is 1. The van der Waals surface area contributed by atoms with Gasteiger partial charge in [0, 0.05) is 38.8 Å². The standard InChI is InChI=1S/C33H26ClN3O6S2/c1-15-3-2-4-16(11-15)14-43-23-10-9-19(37(41)42)12-20(23)24-25-21-13-22(28(25)44-30-29(24)45-33(40)35-30)27-26(21)31(38)36(32(27)39)18-7-5-17(34)6-8-18/h2-12,21-22,24-28H,13-14H2,1H3,(H,35,40)/t21-,22-,24?,25?,26?,27?,28?/m1/s1. The molecule has 7 atom stereocenters. The van der Waals surface area contributed by atoms with E-state index in [-0.39, 0.29) is 52.0 Å². The quantitative estimate of drug-likeness (QED) is 0.141. The number of fused-ring (bicyclic) bond motifs is 9. The molecule has 3 heterocycles. The molecule has 12 heteroatoms. The van der Waals surface area contributed by atoms with Crippen LogP contribution in [-0.4, -0.2) is 27.0 Å². The molecule has 5 unspecified atom stereocenters. The van der Waals surface area contributed by atoms with E-state index in [1.165, 1.54) is 11.0 Å². The molecule has 9 nitrogen and oxygen atoms in total. The minimum Gasteiger partial charge on any atom is -0.489 e. The first-order chi connectivity index (χ1) is 21.7. The van der Waals surface area contributed by atoms with E-state index in [2.05, 4.69) is 4.98 Å². The van der Waals surface area contributed by atoms with Crippen molar-refractivity contribution in [2.24, 2.45) is 29.6 Å². The largest absolute Gasteiger partial charge is 0.489 e. The number of aromatic nitrogens is 1. The lowest BCUT2D eigenvalue weighted by Gasteiger charge is -2.43. The number of H-pyrrole nitrogens is 1. The highest BCUT2D eigenvalue weighted by Crippen LogP contribution is 2.69. The lowest BCUT2D eigenvalue weighted by molar-refractivity contribution is -0.385. The van der Waals surface area contributed by atoms with E-state index in [1.54, 1.807) is 48.2 Å². The van der Waals surface area contributed by atoms with Gasteiger partial charge >= 0.3 is 4.87 Å². The van der Waals surface area contributed by atoms with Gasteiger partial charge in [0.15, 0.2) is 0 Å². The third kappa shape index (κ3) is 4.46. The number of rotatable bonds is 6. The summed E-state index contributed by atoms with van der Waals surface area (Å²) in [5, 5.41) is 13.2. The number of nitro benzene ring substituents is 1. The number of hydrogen-bond donors (Lipinski definition) is 1. The molecule has 8 rings (SSSR count). The predicted molar refractivity (Wildman–Crippen MR) is 171 cm³/mol. The number of amides is 2. The highest BCUT2D eigenvalue weighted by atomic mass is 35.5. The maximum absolute atomic E-state index is 14.0. The van der Waals surface area contributed by atoms with Crippen LogP contribution in [0.15, 0.2) is 76.6 Å². The first kappa shape index (κ1) is 28.5. The Morgan fingerprint density at radius 2 is 1.78 bits per heavy atom. The molecular weight excluding hydrogens is 634 g/mol. The molecule has 1 N–H and O–H groups in total. The molecule has 0 spiro atoms. The summed E-state index contributed by atoms with van der Waals surface area (Å²) in [6.07, 6.45) is 0.702. The Morgan fingerprint density at radius 3 is 2.51 bits per heavy atom. The third-order valence-electron chi connectivity index (χ3n) is 9.82. The van der Waals surface area contributed by atoms with E-state index in [9.17, 15) is 24.5 Å². The van der Waals surface area contributed by atoms with E-state index in [0.717, 1.165) is 32.4 Å². The zero-order chi connectivity index (χ0) is 31.1. The van der Waals surface area contributed by atoms with Crippen molar-refractivity contribution in [3.05, 3.63) is 113 Å². The molecule has 2 saturated carbocycles. The molecular formula is C33H26ClN3O6S2. The van der Waals surface area contributed by atoms with Gasteiger partial charge < -0.3 is 9.72 Å². The number of imide groups is 1. The average Bonchev–Trinajstić information content (AvgIpc) is 3.75. The van der Waals surface area contributed by atoms with Crippen LogP contribution < -0.4 is 14.5 Å². The predicted octanol–water partition coefficient (Wildman–Crippen LogP) is 6.56. The minimum absolute atomic E-state index is 0.0650. The van der Waals surface area contributed by atoms with Crippen LogP contribution in [0.1, 0.15) is 33.9 Å². The summed E-state index contributed by atoms with van der Waals surface area (Å²) in [5.41, 5.74) is 3.11. The number of aryl methyl sites for hydroxylation is 1. The molecule has 2 aliphatic carbocycles. The number of hydrogen-bond acceptors (Lipinski definition) is 8. The van der Waals surface area contributed by atoms with Crippen molar-refractivity contribution in [1.82, 2.24) is 4.98 Å². The number of non-ortho nitro benzene ring substituents is 1. The number of thioether (sulfide) groups is 1. The van der Waals surface area contributed by atoms with Gasteiger partial charge in [-0.05, 0) is 67.0 Å². The van der Waals surface area contributed by atoms with Crippen LogP contribution in [0.25, 0.3) is 0 Å². The summed E-state index contributed by atoms with van der Waals surface area (Å²) >= 11 is 8.76. The molecule has 0 radical (unpaired) electrons. The van der Waals surface area contributed by atoms with Gasteiger partial charge in [-0.3, -0.25) is 29.4 Å². The molecule has 2 bridgehead atoms. The number of anilines is 1. The average molecular weight is 660 g/mol. The van der Waals surface area contributed by atoms with Crippen LogP contribution in [0.3, 0.4) is 0 Å². The first-order valence-electron chi connectivity index (χ1n) is 14.7. The fourth-order valence-electron chi connectivity index (χ4n) is 8.20. The molecule has 4 aromatic rings. The summed E-state index contributed by atoms with van der Waals surface area (Å²) in [6.45, 7) is 2.26. The highest BCUT2D eigenvalue weighted by molar-refractivity contribution is 8.00. The maximum Gasteiger partial charge on any atom is 0.305 e. The second kappa shape index (κ2) is 10.6. The Bertz CT molecular complexity index is 1960. The molecule has 1 saturated heterocycles. The zero-order valence-corrected chi connectivity index (χ0v) is 26.2. The Balaban J connectivity index is 1.22. The van der Waals surface area contributed by atoms with Crippen LogP contribution in [-0.2, 0) is 16.2 Å². The number of thiazole rings is 1. The van der Waals surface area contributed by atoms with Crippen LogP contribution in [0, 0.1) is 46.6 Å². The van der Waals surface area contributed by atoms with Gasteiger partial charge in [0.2, 0.25) is 11.8 Å². The molecule has 2 aliphatic heterocycles. The number of carbonyl (C=O) groups excluding carboxylic acids is 2. The van der Waals surface area contributed by atoms with E-state index in [0.29, 0.717) is 28.4 Å². The molecule has 4 aliphatic rings. The normalized spacial score (nSPS) is 27.8. The second-order valence-electron chi connectivity index (χ2n) is 12.2. The van der Waals surface area contributed by atoms with Gasteiger partial charge in [0.1, 0.15) is 12.4 Å². The number of nitrogens with one attached hydrogen (secondary N) is 1. The summed E-state index contributed by atoms with van der Waals surface area (Å²) in [7, 11) is 0. The first-order valence-corrected chi connectivity index (χ1v) is 16.8. The number of halogens is 1. The lowest BCUT2D eigenvalue weighted by atomic mass is 9.68. The van der Waals surface area contributed by atoms with E-state index < -0.39 is 22.7 Å². The third-order valence-corrected chi connectivity index (χ3v) is 12.7. The van der Waals surface area contributed by atoms with Crippen molar-refractivity contribution < 1.29 is 19.2 Å². The number of benzene rings is 3. The number of carbonyl (C=O) groups is 2. The fourth-order valence-corrected chi connectivity index (χ4v) is 11.2. The molecule has 45 heavy (non-hydrogen) atoms. The van der Waals surface area contributed by atoms with E-state index >= 15 is 0 Å². The van der Waals surface area contributed by atoms with Crippen LogP contribution in [0.5, 0.6) is 5.75 Å².